The molecule has 0 N–H and O–H groups in total. The van der Waals surface area contributed by atoms with Crippen molar-refractivity contribution >= 4 is 10.9 Å². The molecule has 0 aromatic rings. The number of rotatable bonds is 4. The third-order valence-electron chi connectivity index (χ3n) is 2.87. The van der Waals surface area contributed by atoms with Crippen LogP contribution < -0.4 is 0 Å². The molecule has 1 aliphatic rings. The summed E-state index contributed by atoms with van der Waals surface area (Å²) >= 11 is 0. The maximum atomic E-state index is 6.01. The van der Waals surface area contributed by atoms with Crippen LogP contribution in [0.1, 0.15) is 34.6 Å². The van der Waals surface area contributed by atoms with Crippen molar-refractivity contribution in [3.8, 4) is 0 Å². The lowest BCUT2D eigenvalue weighted by atomic mass is 9.90. The zero-order valence-electron chi connectivity index (χ0n) is 10.8. The van der Waals surface area contributed by atoms with Gasteiger partial charge in [-0.05, 0) is 34.6 Å². The average Bonchev–Trinajstić information content (AvgIpc) is 2.30. The van der Waals surface area contributed by atoms with Gasteiger partial charge in [0.2, 0.25) is 0 Å². The van der Waals surface area contributed by atoms with Crippen molar-refractivity contribution < 1.29 is 12.5 Å². The molecule has 0 spiro atoms. The first-order chi connectivity index (χ1) is 7.29. The highest BCUT2D eigenvalue weighted by Gasteiger charge is 2.55. The van der Waals surface area contributed by atoms with E-state index in [1.54, 1.807) is 0 Å². The lowest BCUT2D eigenvalue weighted by Gasteiger charge is -2.31. The first kappa shape index (κ1) is 13.6. The Bertz CT molecular complexity index is 279. The molecule has 1 rings (SSSR count). The van der Waals surface area contributed by atoms with Gasteiger partial charge in [0.1, 0.15) is 22.1 Å². The van der Waals surface area contributed by atoms with Crippen molar-refractivity contribution in [3.05, 3.63) is 25.0 Å². The van der Waals surface area contributed by atoms with E-state index in [1.165, 1.54) is 6.26 Å². The maximum Gasteiger partial charge on any atom is 0.139 e. The van der Waals surface area contributed by atoms with Crippen LogP contribution >= 0.6 is 10.9 Å². The fraction of sp³-hybridized carbons (Fsp3) is 0.667. The second kappa shape index (κ2) is 4.43. The first-order valence-electron chi connectivity index (χ1n) is 5.41. The minimum absolute atomic E-state index is 0.368. The Balaban J connectivity index is 2.94. The Hall–Kier alpha value is -0.450. The second-order valence-corrected chi connectivity index (χ2v) is 6.72. The van der Waals surface area contributed by atoms with E-state index in [9.17, 15) is 0 Å². The summed E-state index contributed by atoms with van der Waals surface area (Å²) in [6, 6.07) is 0. The summed E-state index contributed by atoms with van der Waals surface area (Å²) in [7, 11) is -1.99. The van der Waals surface area contributed by atoms with E-state index < -0.39 is 10.9 Å². The van der Waals surface area contributed by atoms with Gasteiger partial charge >= 0.3 is 0 Å². The van der Waals surface area contributed by atoms with E-state index in [0.717, 1.165) is 0 Å². The fourth-order valence-electron chi connectivity index (χ4n) is 1.32. The first-order valence-corrected chi connectivity index (χ1v) is 6.99. The molecular formula is C12H22O3S. The molecule has 0 amide bonds. The molecule has 4 heteroatoms. The van der Waals surface area contributed by atoms with E-state index in [2.05, 4.69) is 6.58 Å². The van der Waals surface area contributed by atoms with Crippen LogP contribution in [0.15, 0.2) is 25.0 Å². The highest BCUT2D eigenvalue weighted by atomic mass is 32.3. The Morgan fingerprint density at radius 3 is 2.06 bits per heavy atom. The molecule has 0 aromatic heterocycles. The van der Waals surface area contributed by atoms with E-state index >= 15 is 0 Å². The Morgan fingerprint density at radius 2 is 1.69 bits per heavy atom. The van der Waals surface area contributed by atoms with Crippen LogP contribution in [0.4, 0.5) is 0 Å². The topological polar surface area (TPSA) is 27.7 Å². The van der Waals surface area contributed by atoms with Gasteiger partial charge in [0.05, 0.1) is 12.0 Å². The summed E-state index contributed by atoms with van der Waals surface area (Å²) in [5.74, 6) is 0.627. The van der Waals surface area contributed by atoms with Gasteiger partial charge in [0, 0.05) is 0 Å². The molecule has 0 aliphatic carbocycles. The lowest BCUT2D eigenvalue weighted by Crippen LogP contribution is -2.41. The molecule has 0 atom stereocenters. The fourth-order valence-corrected chi connectivity index (χ4v) is 3.95. The number of hydrogen-bond acceptors (Lipinski definition) is 3. The van der Waals surface area contributed by atoms with Crippen LogP contribution in [0.3, 0.4) is 0 Å². The van der Waals surface area contributed by atoms with Crippen molar-refractivity contribution in [2.45, 2.75) is 45.8 Å². The summed E-state index contributed by atoms with van der Waals surface area (Å²) in [5.41, 5.74) is -0.736. The Morgan fingerprint density at radius 1 is 1.19 bits per heavy atom. The normalized spacial score (nSPS) is 27.8. The molecule has 1 saturated heterocycles. The molecular weight excluding hydrogens is 224 g/mol. The summed E-state index contributed by atoms with van der Waals surface area (Å²) in [6.07, 6.45) is 5.36. The summed E-state index contributed by atoms with van der Waals surface area (Å²) in [6.45, 7) is 13.6. The predicted molar refractivity (Wildman–Crippen MR) is 68.9 cm³/mol. The Kier molecular flexibility index (Phi) is 3.77. The van der Waals surface area contributed by atoms with Crippen LogP contribution in [0.2, 0.25) is 0 Å². The monoisotopic (exact) mass is 246 g/mol. The highest BCUT2D eigenvalue weighted by molar-refractivity contribution is 8.22. The van der Waals surface area contributed by atoms with Crippen LogP contribution in [0.5, 0.6) is 0 Å². The van der Waals surface area contributed by atoms with Crippen molar-refractivity contribution in [3.63, 3.8) is 0 Å². The Labute approximate surface area is 100 Å². The second-order valence-electron chi connectivity index (χ2n) is 4.74. The van der Waals surface area contributed by atoms with Crippen LogP contribution in [0, 0.1) is 0 Å². The average molecular weight is 246 g/mol. The van der Waals surface area contributed by atoms with Crippen LogP contribution in [-0.2, 0) is 12.5 Å². The van der Waals surface area contributed by atoms with Gasteiger partial charge in [-0.2, -0.15) is 0 Å². The smallest absolute Gasteiger partial charge is 0.139 e. The van der Waals surface area contributed by atoms with Gasteiger partial charge in [-0.15, -0.1) is 0 Å². The SMILES string of the molecule is C=COS1(C/C=C/C)OC(C)(C)C(C)(C)O1. The van der Waals surface area contributed by atoms with Gasteiger partial charge in [-0.1, -0.05) is 18.7 Å². The standard InChI is InChI=1S/C12H22O3S/c1-7-9-10-16(13-8-2)14-11(3,4)12(5,6)15-16/h7-9H,2,10H2,1,3-6H3/b9-7+. The van der Waals surface area contributed by atoms with Crippen molar-refractivity contribution in [2.24, 2.45) is 0 Å². The van der Waals surface area contributed by atoms with Crippen molar-refractivity contribution in [2.75, 3.05) is 5.75 Å². The molecule has 0 unspecified atom stereocenters. The van der Waals surface area contributed by atoms with E-state index in [-0.39, 0.29) is 11.2 Å². The van der Waals surface area contributed by atoms with Crippen molar-refractivity contribution in [1.82, 2.24) is 0 Å². The molecule has 0 saturated carbocycles. The zero-order chi connectivity index (χ0) is 12.4. The quantitative estimate of drug-likeness (QED) is 0.556. The third kappa shape index (κ3) is 2.44. The van der Waals surface area contributed by atoms with Gasteiger partial charge in [0.25, 0.3) is 0 Å². The van der Waals surface area contributed by atoms with Gasteiger partial charge in [-0.3, -0.25) is 8.37 Å². The molecule has 94 valence electrons. The highest BCUT2D eigenvalue weighted by Crippen LogP contribution is 2.65. The third-order valence-corrected chi connectivity index (χ3v) is 5.24. The van der Waals surface area contributed by atoms with E-state index in [0.29, 0.717) is 5.75 Å². The summed E-state index contributed by atoms with van der Waals surface area (Å²) in [5, 5.41) is 0. The molecule has 1 heterocycles. The number of allylic oxidation sites excluding steroid dienone is 1. The van der Waals surface area contributed by atoms with Crippen LogP contribution in [0.25, 0.3) is 0 Å². The molecule has 3 nitrogen and oxygen atoms in total. The van der Waals surface area contributed by atoms with Crippen molar-refractivity contribution in [1.29, 1.82) is 0 Å². The summed E-state index contributed by atoms with van der Waals surface area (Å²) in [4.78, 5) is 0. The predicted octanol–water partition coefficient (Wildman–Crippen LogP) is 3.88. The lowest BCUT2D eigenvalue weighted by molar-refractivity contribution is 0.00578. The summed E-state index contributed by atoms with van der Waals surface area (Å²) < 4.78 is 17.5. The molecule has 16 heavy (non-hydrogen) atoms. The maximum absolute atomic E-state index is 6.01. The molecule has 1 aliphatic heterocycles. The van der Waals surface area contributed by atoms with E-state index in [4.69, 9.17) is 12.5 Å². The molecule has 0 radical (unpaired) electrons. The minimum atomic E-state index is -1.99. The largest absolute Gasteiger partial charge is 0.411 e. The van der Waals surface area contributed by atoms with Crippen LogP contribution in [-0.4, -0.2) is 17.0 Å². The van der Waals surface area contributed by atoms with Gasteiger partial charge < -0.3 is 4.18 Å². The zero-order valence-corrected chi connectivity index (χ0v) is 11.6. The minimum Gasteiger partial charge on any atom is -0.411 e. The van der Waals surface area contributed by atoms with Gasteiger partial charge in [-0.25, -0.2) is 0 Å². The molecule has 0 aromatic carbocycles. The van der Waals surface area contributed by atoms with Gasteiger partial charge in [0.15, 0.2) is 0 Å². The number of hydrogen-bond donors (Lipinski definition) is 0. The molecule has 0 bridgehead atoms. The van der Waals surface area contributed by atoms with E-state index in [1.807, 2.05) is 46.8 Å². The molecule has 1 fully saturated rings.